The van der Waals surface area contributed by atoms with E-state index in [1.807, 2.05) is 24.4 Å². The molecule has 0 bridgehead atoms. The standard InChI is InChI=1S/C17H16N2S/c1-11-5-6-12(2)16(10-11)20-15-8-7-14(18)13-4-3-9-19-17(13)15/h3-10H,18H2,1-2H3. The summed E-state index contributed by atoms with van der Waals surface area (Å²) < 4.78 is 0. The molecule has 2 aromatic carbocycles. The first-order chi connectivity index (χ1) is 9.65. The molecular weight excluding hydrogens is 264 g/mol. The van der Waals surface area contributed by atoms with Gasteiger partial charge >= 0.3 is 0 Å². The van der Waals surface area contributed by atoms with E-state index in [9.17, 15) is 0 Å². The van der Waals surface area contributed by atoms with Gasteiger partial charge in [-0.3, -0.25) is 4.98 Å². The third-order valence-corrected chi connectivity index (χ3v) is 4.54. The summed E-state index contributed by atoms with van der Waals surface area (Å²) in [7, 11) is 0. The summed E-state index contributed by atoms with van der Waals surface area (Å²) in [5.41, 5.74) is 10.3. The minimum Gasteiger partial charge on any atom is -0.398 e. The van der Waals surface area contributed by atoms with E-state index in [0.717, 1.165) is 21.5 Å². The largest absolute Gasteiger partial charge is 0.398 e. The van der Waals surface area contributed by atoms with Gasteiger partial charge in [0.1, 0.15) is 0 Å². The number of nitrogen functional groups attached to an aromatic ring is 1. The van der Waals surface area contributed by atoms with Crippen molar-refractivity contribution in [1.29, 1.82) is 0 Å². The van der Waals surface area contributed by atoms with E-state index in [1.165, 1.54) is 16.0 Å². The summed E-state index contributed by atoms with van der Waals surface area (Å²) in [6, 6.07) is 14.5. The predicted molar refractivity (Wildman–Crippen MR) is 86.2 cm³/mol. The number of rotatable bonds is 2. The molecule has 0 saturated carbocycles. The number of pyridine rings is 1. The van der Waals surface area contributed by atoms with Crippen LogP contribution in [0, 0.1) is 13.8 Å². The molecule has 2 nitrogen and oxygen atoms in total. The fourth-order valence-corrected chi connectivity index (χ4v) is 3.29. The summed E-state index contributed by atoms with van der Waals surface area (Å²) in [6.45, 7) is 4.25. The van der Waals surface area contributed by atoms with E-state index >= 15 is 0 Å². The maximum absolute atomic E-state index is 6.02. The molecule has 0 unspecified atom stereocenters. The van der Waals surface area contributed by atoms with Crippen LogP contribution in [-0.4, -0.2) is 4.98 Å². The molecule has 0 aliphatic carbocycles. The van der Waals surface area contributed by atoms with Gasteiger partial charge in [-0.1, -0.05) is 23.9 Å². The van der Waals surface area contributed by atoms with Crippen molar-refractivity contribution in [3.8, 4) is 0 Å². The lowest BCUT2D eigenvalue weighted by molar-refractivity contribution is 1.25. The minimum atomic E-state index is 0.776. The van der Waals surface area contributed by atoms with Crippen LogP contribution >= 0.6 is 11.8 Å². The van der Waals surface area contributed by atoms with Gasteiger partial charge in [0.25, 0.3) is 0 Å². The van der Waals surface area contributed by atoms with Crippen LogP contribution in [0.1, 0.15) is 11.1 Å². The fraction of sp³-hybridized carbons (Fsp3) is 0.118. The van der Waals surface area contributed by atoms with Gasteiger partial charge in [0.15, 0.2) is 0 Å². The predicted octanol–water partition coefficient (Wildman–Crippen LogP) is 4.59. The van der Waals surface area contributed by atoms with E-state index in [-0.39, 0.29) is 0 Å². The van der Waals surface area contributed by atoms with Gasteiger partial charge in [-0.15, -0.1) is 0 Å². The van der Waals surface area contributed by atoms with Crippen LogP contribution in [0.15, 0.2) is 58.5 Å². The van der Waals surface area contributed by atoms with Gasteiger partial charge in [-0.2, -0.15) is 0 Å². The lowest BCUT2D eigenvalue weighted by atomic mass is 10.2. The lowest BCUT2D eigenvalue weighted by Crippen LogP contribution is -1.90. The van der Waals surface area contributed by atoms with Crippen molar-refractivity contribution in [2.75, 3.05) is 5.73 Å². The van der Waals surface area contributed by atoms with Crippen LogP contribution in [0.2, 0.25) is 0 Å². The molecule has 3 rings (SSSR count). The average molecular weight is 280 g/mol. The summed E-state index contributed by atoms with van der Waals surface area (Å²) in [5.74, 6) is 0. The second kappa shape index (κ2) is 5.17. The number of aryl methyl sites for hydroxylation is 2. The molecule has 3 heteroatoms. The number of benzene rings is 2. The Morgan fingerprint density at radius 2 is 1.85 bits per heavy atom. The van der Waals surface area contributed by atoms with Gasteiger partial charge < -0.3 is 5.73 Å². The van der Waals surface area contributed by atoms with Crippen LogP contribution in [-0.2, 0) is 0 Å². The van der Waals surface area contributed by atoms with Crippen molar-refractivity contribution in [2.45, 2.75) is 23.6 Å². The Kier molecular flexibility index (Phi) is 3.36. The molecule has 0 saturated heterocycles. The Morgan fingerprint density at radius 1 is 1.00 bits per heavy atom. The number of anilines is 1. The molecular formula is C17H16N2S. The molecule has 2 N–H and O–H groups in total. The molecule has 0 atom stereocenters. The topological polar surface area (TPSA) is 38.9 Å². The van der Waals surface area contributed by atoms with Crippen LogP contribution in [0.25, 0.3) is 10.9 Å². The maximum atomic E-state index is 6.02. The zero-order valence-corrected chi connectivity index (χ0v) is 12.4. The van der Waals surface area contributed by atoms with Crippen molar-refractivity contribution in [2.24, 2.45) is 0 Å². The number of fused-ring (bicyclic) bond motifs is 1. The molecule has 20 heavy (non-hydrogen) atoms. The first kappa shape index (κ1) is 13.0. The summed E-state index contributed by atoms with van der Waals surface area (Å²) >= 11 is 1.75. The summed E-state index contributed by atoms with van der Waals surface area (Å²) in [5, 5.41) is 1.02. The number of aromatic nitrogens is 1. The van der Waals surface area contributed by atoms with Crippen LogP contribution in [0.5, 0.6) is 0 Å². The molecule has 0 spiro atoms. The van der Waals surface area contributed by atoms with Crippen molar-refractivity contribution < 1.29 is 0 Å². The molecule has 1 heterocycles. The minimum absolute atomic E-state index is 0.776. The van der Waals surface area contributed by atoms with Crippen molar-refractivity contribution in [1.82, 2.24) is 4.98 Å². The quantitative estimate of drug-likeness (QED) is 0.698. The molecule has 0 radical (unpaired) electrons. The Morgan fingerprint density at radius 3 is 2.70 bits per heavy atom. The zero-order chi connectivity index (χ0) is 14.1. The van der Waals surface area contributed by atoms with Gasteiger partial charge in [-0.25, -0.2) is 0 Å². The summed E-state index contributed by atoms with van der Waals surface area (Å²) in [6.07, 6.45) is 1.81. The maximum Gasteiger partial charge on any atom is 0.0861 e. The Hall–Kier alpha value is -2.00. The Bertz CT molecular complexity index is 781. The van der Waals surface area contributed by atoms with Crippen molar-refractivity contribution in [3.63, 3.8) is 0 Å². The van der Waals surface area contributed by atoms with E-state index in [0.29, 0.717) is 0 Å². The molecule has 100 valence electrons. The SMILES string of the molecule is Cc1ccc(C)c(Sc2ccc(N)c3cccnc23)c1. The first-order valence-electron chi connectivity index (χ1n) is 6.53. The second-order valence-corrected chi connectivity index (χ2v) is 6.01. The number of hydrogen-bond acceptors (Lipinski definition) is 3. The van der Waals surface area contributed by atoms with Crippen LogP contribution in [0.3, 0.4) is 0 Å². The molecule has 1 aromatic heterocycles. The lowest BCUT2D eigenvalue weighted by Gasteiger charge is -2.10. The monoisotopic (exact) mass is 280 g/mol. The highest BCUT2D eigenvalue weighted by molar-refractivity contribution is 7.99. The number of nitrogens with two attached hydrogens (primary N) is 1. The van der Waals surface area contributed by atoms with E-state index in [1.54, 1.807) is 11.8 Å². The average Bonchev–Trinajstić information content (AvgIpc) is 2.46. The summed E-state index contributed by atoms with van der Waals surface area (Å²) in [4.78, 5) is 6.90. The Balaban J connectivity index is 2.11. The highest BCUT2D eigenvalue weighted by Gasteiger charge is 2.08. The van der Waals surface area contributed by atoms with Gasteiger partial charge in [0.2, 0.25) is 0 Å². The van der Waals surface area contributed by atoms with Crippen molar-refractivity contribution in [3.05, 3.63) is 59.8 Å². The van der Waals surface area contributed by atoms with Gasteiger partial charge in [0, 0.05) is 27.1 Å². The number of nitrogens with zero attached hydrogens (tertiary/aromatic N) is 1. The molecule has 0 aliphatic rings. The third-order valence-electron chi connectivity index (χ3n) is 3.33. The second-order valence-electron chi connectivity index (χ2n) is 4.92. The molecule has 0 amide bonds. The Labute approximate surface area is 123 Å². The van der Waals surface area contributed by atoms with Crippen molar-refractivity contribution >= 4 is 28.4 Å². The number of hydrogen-bond donors (Lipinski definition) is 1. The van der Waals surface area contributed by atoms with E-state index in [2.05, 4.69) is 43.1 Å². The smallest absolute Gasteiger partial charge is 0.0861 e. The van der Waals surface area contributed by atoms with Crippen LogP contribution < -0.4 is 5.73 Å². The molecule has 0 aliphatic heterocycles. The highest BCUT2D eigenvalue weighted by Crippen LogP contribution is 2.36. The van der Waals surface area contributed by atoms with E-state index in [4.69, 9.17) is 5.73 Å². The molecule has 0 fully saturated rings. The molecule has 3 aromatic rings. The van der Waals surface area contributed by atoms with Crippen LogP contribution in [0.4, 0.5) is 5.69 Å². The fourth-order valence-electron chi connectivity index (χ4n) is 2.19. The zero-order valence-electron chi connectivity index (χ0n) is 11.6. The van der Waals surface area contributed by atoms with E-state index < -0.39 is 0 Å². The normalized spacial score (nSPS) is 10.9. The van der Waals surface area contributed by atoms with Gasteiger partial charge in [-0.05, 0) is 55.3 Å². The highest BCUT2D eigenvalue weighted by atomic mass is 32.2. The first-order valence-corrected chi connectivity index (χ1v) is 7.35. The third kappa shape index (κ3) is 2.37. The van der Waals surface area contributed by atoms with Gasteiger partial charge in [0.05, 0.1) is 5.52 Å².